The Kier molecular flexibility index (Phi) is 3.17. The van der Waals surface area contributed by atoms with Crippen molar-refractivity contribution in [3.8, 4) is 5.75 Å². The van der Waals surface area contributed by atoms with Gasteiger partial charge in [0.15, 0.2) is 0 Å². The van der Waals surface area contributed by atoms with E-state index in [1.807, 2.05) is 25.1 Å². The van der Waals surface area contributed by atoms with Crippen molar-refractivity contribution in [2.75, 3.05) is 0 Å². The van der Waals surface area contributed by atoms with Crippen LogP contribution in [0.5, 0.6) is 5.75 Å². The molecule has 2 atom stereocenters. The maximum absolute atomic E-state index is 9.64. The minimum atomic E-state index is -0.319. The van der Waals surface area contributed by atoms with E-state index < -0.39 is 0 Å². The van der Waals surface area contributed by atoms with Crippen LogP contribution in [0.4, 0.5) is 0 Å². The zero-order chi connectivity index (χ0) is 10.8. The van der Waals surface area contributed by atoms with Crippen LogP contribution in [-0.4, -0.2) is 17.3 Å². The molecule has 1 N–H and O–H groups in total. The van der Waals surface area contributed by atoms with Crippen LogP contribution in [0.3, 0.4) is 0 Å². The van der Waals surface area contributed by atoms with Crippen LogP contribution in [0.1, 0.15) is 24.8 Å². The average Bonchev–Trinajstić information content (AvgIpc) is 2.57. The smallest absolute Gasteiger partial charge is 0.124 e. The number of hydrogen-bond acceptors (Lipinski definition) is 2. The number of halogens is 1. The lowest BCUT2D eigenvalue weighted by atomic mass is 10.2. The molecule has 82 valence electrons. The lowest BCUT2D eigenvalue weighted by molar-refractivity contribution is 0.0600. The van der Waals surface area contributed by atoms with Crippen molar-refractivity contribution in [2.24, 2.45) is 0 Å². The topological polar surface area (TPSA) is 29.5 Å². The van der Waals surface area contributed by atoms with Crippen molar-refractivity contribution < 1.29 is 9.84 Å². The molecular weight excluding hydrogens is 212 g/mol. The molecule has 0 heterocycles. The predicted molar refractivity (Wildman–Crippen MR) is 60.5 cm³/mol. The summed E-state index contributed by atoms with van der Waals surface area (Å²) in [6.45, 7) is 1.96. The molecule has 0 aliphatic heterocycles. The lowest BCUT2D eigenvalue weighted by Crippen LogP contribution is -2.25. The maximum atomic E-state index is 9.64. The second-order valence-electron chi connectivity index (χ2n) is 4.06. The number of benzene rings is 1. The van der Waals surface area contributed by atoms with Gasteiger partial charge in [-0.15, -0.1) is 0 Å². The van der Waals surface area contributed by atoms with Gasteiger partial charge >= 0.3 is 0 Å². The molecule has 0 aromatic heterocycles. The highest BCUT2D eigenvalue weighted by atomic mass is 35.5. The molecule has 0 bridgehead atoms. The van der Waals surface area contributed by atoms with E-state index in [4.69, 9.17) is 16.3 Å². The van der Waals surface area contributed by atoms with Crippen LogP contribution in [-0.2, 0) is 0 Å². The Morgan fingerprint density at radius 2 is 2.20 bits per heavy atom. The third kappa shape index (κ3) is 2.44. The van der Waals surface area contributed by atoms with Crippen LogP contribution < -0.4 is 4.74 Å². The summed E-state index contributed by atoms with van der Waals surface area (Å²) in [5.74, 6) is 0.824. The van der Waals surface area contributed by atoms with Gasteiger partial charge in [-0.3, -0.25) is 0 Å². The van der Waals surface area contributed by atoms with Gasteiger partial charge in [0.05, 0.1) is 6.10 Å². The van der Waals surface area contributed by atoms with E-state index in [9.17, 15) is 5.11 Å². The van der Waals surface area contributed by atoms with E-state index in [0.29, 0.717) is 5.02 Å². The van der Waals surface area contributed by atoms with Gasteiger partial charge in [0, 0.05) is 5.02 Å². The molecule has 1 aliphatic rings. The van der Waals surface area contributed by atoms with Crippen molar-refractivity contribution in [1.29, 1.82) is 0 Å². The Hall–Kier alpha value is -0.730. The maximum Gasteiger partial charge on any atom is 0.124 e. The SMILES string of the molecule is Cc1cc(Cl)ccc1O[C@@H]1CCC[C@H]1O. The first kappa shape index (κ1) is 10.8. The molecule has 0 spiro atoms. The molecule has 1 aliphatic carbocycles. The first-order valence-electron chi connectivity index (χ1n) is 5.27. The van der Waals surface area contributed by atoms with Crippen LogP contribution in [0, 0.1) is 6.92 Å². The Morgan fingerprint density at radius 3 is 2.80 bits per heavy atom. The number of aliphatic hydroxyl groups is 1. The van der Waals surface area contributed by atoms with Crippen molar-refractivity contribution in [3.63, 3.8) is 0 Å². The molecule has 1 fully saturated rings. The van der Waals surface area contributed by atoms with Gasteiger partial charge < -0.3 is 9.84 Å². The van der Waals surface area contributed by atoms with Crippen molar-refractivity contribution in [3.05, 3.63) is 28.8 Å². The highest BCUT2D eigenvalue weighted by Crippen LogP contribution is 2.28. The van der Waals surface area contributed by atoms with Crippen molar-refractivity contribution >= 4 is 11.6 Å². The zero-order valence-corrected chi connectivity index (χ0v) is 9.50. The summed E-state index contributed by atoms with van der Waals surface area (Å²) in [5.41, 5.74) is 1.02. The van der Waals surface area contributed by atoms with E-state index in [-0.39, 0.29) is 12.2 Å². The summed E-state index contributed by atoms with van der Waals surface area (Å²) in [6, 6.07) is 5.55. The molecule has 0 saturated heterocycles. The third-order valence-electron chi connectivity index (χ3n) is 2.83. The van der Waals surface area contributed by atoms with Gasteiger partial charge in [-0.25, -0.2) is 0 Å². The number of hydrogen-bond donors (Lipinski definition) is 1. The van der Waals surface area contributed by atoms with Crippen LogP contribution in [0.2, 0.25) is 5.02 Å². The monoisotopic (exact) mass is 226 g/mol. The number of aryl methyl sites for hydroxylation is 1. The molecule has 0 unspecified atom stereocenters. The normalized spacial score (nSPS) is 25.5. The Labute approximate surface area is 94.8 Å². The summed E-state index contributed by atoms with van der Waals surface area (Å²) in [4.78, 5) is 0. The number of ether oxygens (including phenoxy) is 1. The minimum Gasteiger partial charge on any atom is -0.487 e. The second kappa shape index (κ2) is 4.42. The lowest BCUT2D eigenvalue weighted by Gasteiger charge is -2.18. The fraction of sp³-hybridized carbons (Fsp3) is 0.500. The Balaban J connectivity index is 2.10. The average molecular weight is 227 g/mol. The van der Waals surface area contributed by atoms with E-state index in [0.717, 1.165) is 30.6 Å². The van der Waals surface area contributed by atoms with Gasteiger partial charge in [-0.05, 0) is 49.9 Å². The molecule has 1 saturated carbocycles. The van der Waals surface area contributed by atoms with E-state index in [2.05, 4.69) is 0 Å². The summed E-state index contributed by atoms with van der Waals surface area (Å²) >= 11 is 5.86. The molecule has 2 nitrogen and oxygen atoms in total. The summed E-state index contributed by atoms with van der Waals surface area (Å²) < 4.78 is 5.76. The van der Waals surface area contributed by atoms with E-state index >= 15 is 0 Å². The van der Waals surface area contributed by atoms with Gasteiger partial charge in [-0.1, -0.05) is 11.6 Å². The van der Waals surface area contributed by atoms with Gasteiger partial charge in [-0.2, -0.15) is 0 Å². The van der Waals surface area contributed by atoms with Gasteiger partial charge in [0.25, 0.3) is 0 Å². The molecule has 1 aromatic carbocycles. The molecule has 1 aromatic rings. The van der Waals surface area contributed by atoms with Gasteiger partial charge in [0.2, 0.25) is 0 Å². The number of aliphatic hydroxyl groups excluding tert-OH is 1. The molecule has 0 radical (unpaired) electrons. The van der Waals surface area contributed by atoms with Crippen LogP contribution in [0.15, 0.2) is 18.2 Å². The highest BCUT2D eigenvalue weighted by Gasteiger charge is 2.27. The fourth-order valence-electron chi connectivity index (χ4n) is 1.95. The predicted octanol–water partition coefficient (Wildman–Crippen LogP) is 2.94. The summed E-state index contributed by atoms with van der Waals surface area (Å²) in [5, 5.41) is 10.4. The van der Waals surface area contributed by atoms with Gasteiger partial charge in [0.1, 0.15) is 11.9 Å². The Bertz CT molecular complexity index is 351. The largest absolute Gasteiger partial charge is 0.487 e. The van der Waals surface area contributed by atoms with Crippen LogP contribution in [0.25, 0.3) is 0 Å². The molecular formula is C12H15ClO2. The van der Waals surface area contributed by atoms with E-state index in [1.165, 1.54) is 0 Å². The second-order valence-corrected chi connectivity index (χ2v) is 4.50. The minimum absolute atomic E-state index is 0.0510. The Morgan fingerprint density at radius 1 is 1.40 bits per heavy atom. The fourth-order valence-corrected chi connectivity index (χ4v) is 2.18. The number of rotatable bonds is 2. The summed E-state index contributed by atoms with van der Waals surface area (Å²) in [6.07, 6.45) is 2.45. The first-order chi connectivity index (χ1) is 7.16. The first-order valence-corrected chi connectivity index (χ1v) is 5.65. The molecule has 2 rings (SSSR count). The van der Waals surface area contributed by atoms with E-state index in [1.54, 1.807) is 0 Å². The third-order valence-corrected chi connectivity index (χ3v) is 3.07. The standard InChI is InChI=1S/C12H15ClO2/c1-8-7-9(13)5-6-11(8)15-12-4-2-3-10(12)14/h5-7,10,12,14H,2-4H2,1H3/t10-,12-/m1/s1. The van der Waals surface area contributed by atoms with Crippen molar-refractivity contribution in [1.82, 2.24) is 0 Å². The quantitative estimate of drug-likeness (QED) is 0.840. The highest BCUT2D eigenvalue weighted by molar-refractivity contribution is 6.30. The van der Waals surface area contributed by atoms with Crippen LogP contribution >= 0.6 is 11.6 Å². The molecule has 3 heteroatoms. The summed E-state index contributed by atoms with van der Waals surface area (Å²) in [7, 11) is 0. The zero-order valence-electron chi connectivity index (χ0n) is 8.74. The molecule has 15 heavy (non-hydrogen) atoms. The van der Waals surface area contributed by atoms with Crippen molar-refractivity contribution in [2.45, 2.75) is 38.4 Å². The molecule has 0 amide bonds.